The smallest absolute Gasteiger partial charge is 0.305 e. The Hall–Kier alpha value is -0.530. The molecule has 0 amide bonds. The van der Waals surface area contributed by atoms with E-state index in [9.17, 15) is 4.79 Å². The molecule has 15 heavy (non-hydrogen) atoms. The van der Waals surface area contributed by atoms with Gasteiger partial charge in [-0.25, -0.2) is 0 Å². The van der Waals surface area contributed by atoms with Gasteiger partial charge in [0.1, 0.15) is 0 Å². The Morgan fingerprint density at radius 1 is 1.40 bits per heavy atom. The van der Waals surface area contributed by atoms with E-state index >= 15 is 0 Å². The summed E-state index contributed by atoms with van der Waals surface area (Å²) in [7, 11) is 4.93. The second kappa shape index (κ2) is 11.5. The van der Waals surface area contributed by atoms with Gasteiger partial charge in [0.25, 0.3) is 0 Å². The molecule has 0 heterocycles. The van der Waals surface area contributed by atoms with Crippen LogP contribution in [0.2, 0.25) is 0 Å². The van der Waals surface area contributed by atoms with E-state index in [4.69, 9.17) is 0 Å². The summed E-state index contributed by atoms with van der Waals surface area (Å²) in [5.41, 5.74) is 0. The Balaban J connectivity index is 0. The molecule has 0 aliphatic heterocycles. The molecule has 0 bridgehead atoms. The Kier molecular flexibility index (Phi) is 13.0. The number of nitrogens with zero attached hydrogens (tertiary/aromatic N) is 1. The predicted molar refractivity (Wildman–Crippen MR) is 71.7 cm³/mol. The minimum absolute atomic E-state index is 0. The summed E-state index contributed by atoms with van der Waals surface area (Å²) in [6.45, 7) is 0.810. The summed E-state index contributed by atoms with van der Waals surface area (Å²) in [4.78, 5) is 14.7. The highest BCUT2D eigenvalue weighted by Crippen LogP contribution is 1.95. The van der Waals surface area contributed by atoms with Gasteiger partial charge in [-0.15, -0.1) is 24.0 Å². The van der Waals surface area contributed by atoms with Crippen molar-refractivity contribution in [1.82, 2.24) is 10.6 Å². The molecular formula is C9H20IN3O2. The van der Waals surface area contributed by atoms with Crippen molar-refractivity contribution in [2.75, 3.05) is 27.7 Å². The number of rotatable bonds is 5. The lowest BCUT2D eigenvalue weighted by atomic mass is 10.2. The van der Waals surface area contributed by atoms with E-state index < -0.39 is 0 Å². The number of carbonyl (C=O) groups excluding carboxylic acids is 1. The molecule has 0 aliphatic carbocycles. The minimum Gasteiger partial charge on any atom is -0.469 e. The van der Waals surface area contributed by atoms with E-state index in [2.05, 4.69) is 20.4 Å². The van der Waals surface area contributed by atoms with E-state index in [0.29, 0.717) is 6.42 Å². The molecule has 90 valence electrons. The molecule has 0 atom stereocenters. The van der Waals surface area contributed by atoms with Crippen LogP contribution in [0.25, 0.3) is 0 Å². The standard InChI is InChI=1S/C9H19N3O2.HI/c1-10-9(11-2)12-7-5-4-6-8(13)14-3;/h4-7H2,1-3H3,(H2,10,11,12);1H. The summed E-state index contributed by atoms with van der Waals surface area (Å²) in [6, 6.07) is 0. The maximum absolute atomic E-state index is 10.7. The zero-order chi connectivity index (χ0) is 10.8. The number of guanidine groups is 1. The number of hydrogen-bond donors (Lipinski definition) is 2. The second-order valence-corrected chi connectivity index (χ2v) is 2.78. The van der Waals surface area contributed by atoms with Gasteiger partial charge in [-0.2, -0.15) is 0 Å². The fourth-order valence-electron chi connectivity index (χ4n) is 0.982. The molecule has 0 aromatic carbocycles. The highest BCUT2D eigenvalue weighted by Gasteiger charge is 1.99. The van der Waals surface area contributed by atoms with Crippen LogP contribution in [0, 0.1) is 0 Å². The van der Waals surface area contributed by atoms with Crippen LogP contribution in [0.5, 0.6) is 0 Å². The highest BCUT2D eigenvalue weighted by molar-refractivity contribution is 14.0. The zero-order valence-corrected chi connectivity index (χ0v) is 11.8. The van der Waals surface area contributed by atoms with Crippen molar-refractivity contribution < 1.29 is 9.53 Å². The van der Waals surface area contributed by atoms with Crippen molar-refractivity contribution in [3.8, 4) is 0 Å². The SMILES string of the molecule is CN=C(NC)NCCCCC(=O)OC.I. The molecule has 0 aromatic heterocycles. The van der Waals surface area contributed by atoms with Crippen LogP contribution in [0.4, 0.5) is 0 Å². The second-order valence-electron chi connectivity index (χ2n) is 2.78. The molecule has 0 spiro atoms. The summed E-state index contributed by atoms with van der Waals surface area (Å²) in [6.07, 6.45) is 2.24. The van der Waals surface area contributed by atoms with Crippen LogP contribution in [0.1, 0.15) is 19.3 Å². The third-order valence-corrected chi connectivity index (χ3v) is 1.79. The molecule has 0 aromatic rings. The molecule has 0 rings (SSSR count). The zero-order valence-electron chi connectivity index (χ0n) is 9.50. The fourth-order valence-corrected chi connectivity index (χ4v) is 0.982. The molecule has 0 radical (unpaired) electrons. The minimum atomic E-state index is -0.150. The molecule has 0 fully saturated rings. The number of aliphatic imine (C=N–C) groups is 1. The quantitative estimate of drug-likeness (QED) is 0.257. The van der Waals surface area contributed by atoms with E-state index in [1.807, 2.05) is 7.05 Å². The molecule has 0 unspecified atom stereocenters. The van der Waals surface area contributed by atoms with Crippen molar-refractivity contribution in [1.29, 1.82) is 0 Å². The number of methoxy groups -OCH3 is 1. The average molecular weight is 329 g/mol. The van der Waals surface area contributed by atoms with Crippen molar-refractivity contribution >= 4 is 35.9 Å². The third kappa shape index (κ3) is 9.77. The number of carbonyl (C=O) groups is 1. The topological polar surface area (TPSA) is 62.7 Å². The van der Waals surface area contributed by atoms with Crippen LogP contribution >= 0.6 is 24.0 Å². The predicted octanol–water partition coefficient (Wildman–Crippen LogP) is 0.742. The first-order valence-electron chi connectivity index (χ1n) is 4.69. The van der Waals surface area contributed by atoms with E-state index in [0.717, 1.165) is 25.3 Å². The molecular weight excluding hydrogens is 309 g/mol. The molecule has 5 nitrogen and oxygen atoms in total. The molecule has 0 saturated carbocycles. The molecule has 6 heteroatoms. The largest absolute Gasteiger partial charge is 0.469 e. The highest BCUT2D eigenvalue weighted by atomic mass is 127. The van der Waals surface area contributed by atoms with E-state index in [1.165, 1.54) is 7.11 Å². The first kappa shape index (κ1) is 16.9. The lowest BCUT2D eigenvalue weighted by molar-refractivity contribution is -0.140. The summed E-state index contributed by atoms with van der Waals surface area (Å²) >= 11 is 0. The van der Waals surface area contributed by atoms with Crippen LogP contribution in [-0.4, -0.2) is 39.7 Å². The summed E-state index contributed by atoms with van der Waals surface area (Å²) in [5, 5.41) is 6.01. The number of halogens is 1. The number of esters is 1. The fraction of sp³-hybridized carbons (Fsp3) is 0.778. The lowest BCUT2D eigenvalue weighted by Gasteiger charge is -2.07. The molecule has 0 saturated heterocycles. The number of ether oxygens (including phenoxy) is 1. The summed E-state index contributed by atoms with van der Waals surface area (Å²) in [5.74, 6) is 0.617. The third-order valence-electron chi connectivity index (χ3n) is 1.79. The van der Waals surface area contributed by atoms with Gasteiger partial charge in [-0.1, -0.05) is 0 Å². The normalized spacial score (nSPS) is 10.2. The van der Waals surface area contributed by atoms with Gasteiger partial charge in [0.2, 0.25) is 0 Å². The van der Waals surface area contributed by atoms with Gasteiger partial charge in [-0.3, -0.25) is 9.79 Å². The van der Waals surface area contributed by atoms with Crippen LogP contribution in [0.15, 0.2) is 4.99 Å². The van der Waals surface area contributed by atoms with Crippen molar-refractivity contribution in [3.63, 3.8) is 0 Å². The van der Waals surface area contributed by atoms with Gasteiger partial charge < -0.3 is 15.4 Å². The van der Waals surface area contributed by atoms with Gasteiger partial charge in [-0.05, 0) is 12.8 Å². The molecule has 0 aliphatic rings. The van der Waals surface area contributed by atoms with Crippen molar-refractivity contribution in [2.24, 2.45) is 4.99 Å². The number of nitrogens with one attached hydrogen (secondary N) is 2. The first-order chi connectivity index (χ1) is 6.74. The van der Waals surface area contributed by atoms with Crippen LogP contribution in [-0.2, 0) is 9.53 Å². The van der Waals surface area contributed by atoms with Gasteiger partial charge in [0.15, 0.2) is 5.96 Å². The van der Waals surface area contributed by atoms with Gasteiger partial charge in [0.05, 0.1) is 7.11 Å². The number of hydrogen-bond acceptors (Lipinski definition) is 3. The lowest BCUT2D eigenvalue weighted by Crippen LogP contribution is -2.35. The molecule has 2 N–H and O–H groups in total. The Morgan fingerprint density at radius 3 is 2.53 bits per heavy atom. The van der Waals surface area contributed by atoms with Gasteiger partial charge >= 0.3 is 5.97 Å². The Morgan fingerprint density at radius 2 is 2.07 bits per heavy atom. The van der Waals surface area contributed by atoms with Crippen molar-refractivity contribution in [3.05, 3.63) is 0 Å². The van der Waals surface area contributed by atoms with Crippen LogP contribution < -0.4 is 10.6 Å². The van der Waals surface area contributed by atoms with E-state index in [-0.39, 0.29) is 29.9 Å². The van der Waals surface area contributed by atoms with Gasteiger partial charge in [0, 0.05) is 27.1 Å². The average Bonchev–Trinajstić information content (AvgIpc) is 2.23. The first-order valence-corrected chi connectivity index (χ1v) is 4.69. The maximum atomic E-state index is 10.7. The van der Waals surface area contributed by atoms with E-state index in [1.54, 1.807) is 7.05 Å². The van der Waals surface area contributed by atoms with Crippen molar-refractivity contribution in [2.45, 2.75) is 19.3 Å². The summed E-state index contributed by atoms with van der Waals surface area (Å²) < 4.78 is 4.52. The Labute approximate surface area is 108 Å². The maximum Gasteiger partial charge on any atom is 0.305 e. The Bertz CT molecular complexity index is 198. The number of unbranched alkanes of at least 4 members (excludes halogenated alkanes) is 1. The monoisotopic (exact) mass is 329 g/mol. The van der Waals surface area contributed by atoms with Crippen LogP contribution in [0.3, 0.4) is 0 Å².